The monoisotopic (exact) mass is 290 g/mol. The molecule has 5 heteroatoms. The van der Waals surface area contributed by atoms with Crippen LogP contribution >= 0.6 is 0 Å². The molecule has 0 aliphatic carbocycles. The van der Waals surface area contributed by atoms with Crippen LogP contribution in [0.2, 0.25) is 0 Å². The second kappa shape index (κ2) is 7.22. The van der Waals surface area contributed by atoms with E-state index >= 15 is 0 Å². The number of aryl methyl sites for hydroxylation is 1. The van der Waals surface area contributed by atoms with Gasteiger partial charge in [-0.1, -0.05) is 18.2 Å². The number of amides is 2. The van der Waals surface area contributed by atoms with Crippen LogP contribution < -0.4 is 15.5 Å². The molecule has 2 rings (SSSR count). The molecule has 1 heterocycles. The van der Waals surface area contributed by atoms with E-state index in [-0.39, 0.29) is 0 Å². The molecule has 21 heavy (non-hydrogen) atoms. The van der Waals surface area contributed by atoms with Crippen LogP contribution in [0.25, 0.3) is 0 Å². The molecule has 1 aliphatic rings. The second-order valence-corrected chi connectivity index (χ2v) is 5.58. The van der Waals surface area contributed by atoms with Crippen molar-refractivity contribution >= 4 is 17.5 Å². The third kappa shape index (κ3) is 4.04. The van der Waals surface area contributed by atoms with Crippen LogP contribution in [0.15, 0.2) is 24.3 Å². The minimum absolute atomic E-state index is 0.435. The summed E-state index contributed by atoms with van der Waals surface area (Å²) in [6.07, 6.45) is 2.31. The second-order valence-electron chi connectivity index (χ2n) is 5.58. The minimum Gasteiger partial charge on any atom is -0.342 e. The van der Waals surface area contributed by atoms with Crippen LogP contribution in [0, 0.1) is 6.92 Å². The SMILES string of the molecule is CC[NH+]1CCC[C@H]1CNC(=O)C(=O)Nc1ccccc1C. The molecular formula is C16H24N3O2+. The minimum atomic E-state index is -0.597. The first kappa shape index (κ1) is 15.5. The van der Waals surface area contributed by atoms with Crippen LogP contribution in [0.1, 0.15) is 25.3 Å². The number of benzene rings is 1. The van der Waals surface area contributed by atoms with E-state index < -0.39 is 11.8 Å². The Bertz CT molecular complexity index is 516. The summed E-state index contributed by atoms with van der Waals surface area (Å²) in [6, 6.07) is 7.86. The van der Waals surface area contributed by atoms with E-state index in [0.717, 1.165) is 25.1 Å². The molecule has 0 saturated carbocycles. The molecule has 5 nitrogen and oxygen atoms in total. The molecule has 1 unspecified atom stereocenters. The van der Waals surface area contributed by atoms with Crippen LogP contribution in [-0.2, 0) is 9.59 Å². The third-order valence-electron chi connectivity index (χ3n) is 4.19. The molecule has 1 saturated heterocycles. The molecular weight excluding hydrogens is 266 g/mol. The molecule has 1 aromatic rings. The molecule has 1 aliphatic heterocycles. The number of likely N-dealkylation sites (tertiary alicyclic amines) is 1. The van der Waals surface area contributed by atoms with Gasteiger partial charge in [-0.05, 0) is 25.5 Å². The first-order valence-corrected chi connectivity index (χ1v) is 7.61. The number of nitrogens with one attached hydrogen (secondary N) is 3. The number of carbonyl (C=O) groups excluding carboxylic acids is 2. The van der Waals surface area contributed by atoms with Gasteiger partial charge in [0, 0.05) is 18.5 Å². The number of anilines is 1. The van der Waals surface area contributed by atoms with Gasteiger partial charge in [0.05, 0.1) is 19.6 Å². The summed E-state index contributed by atoms with van der Waals surface area (Å²) in [5.41, 5.74) is 1.62. The fraction of sp³-hybridized carbons (Fsp3) is 0.500. The molecule has 3 N–H and O–H groups in total. The molecule has 2 atom stereocenters. The van der Waals surface area contributed by atoms with Crippen LogP contribution in [-0.4, -0.2) is 37.5 Å². The molecule has 0 aromatic heterocycles. The van der Waals surface area contributed by atoms with Crippen LogP contribution in [0.3, 0.4) is 0 Å². The van der Waals surface area contributed by atoms with E-state index in [2.05, 4.69) is 17.6 Å². The van der Waals surface area contributed by atoms with E-state index in [1.165, 1.54) is 11.3 Å². The Hall–Kier alpha value is -1.88. The number of likely N-dealkylation sites (N-methyl/N-ethyl adjacent to an activating group) is 1. The van der Waals surface area contributed by atoms with Gasteiger partial charge in [0.25, 0.3) is 0 Å². The van der Waals surface area contributed by atoms with Gasteiger partial charge in [-0.2, -0.15) is 0 Å². The maximum Gasteiger partial charge on any atom is 0.313 e. The average molecular weight is 290 g/mol. The number of hydrogen-bond acceptors (Lipinski definition) is 2. The van der Waals surface area contributed by atoms with Crippen LogP contribution in [0.4, 0.5) is 5.69 Å². The van der Waals surface area contributed by atoms with Crippen molar-refractivity contribution in [1.82, 2.24) is 5.32 Å². The van der Waals surface area contributed by atoms with Gasteiger partial charge >= 0.3 is 11.8 Å². The first-order chi connectivity index (χ1) is 10.1. The topological polar surface area (TPSA) is 62.6 Å². The van der Waals surface area contributed by atoms with Crippen molar-refractivity contribution < 1.29 is 14.5 Å². The Morgan fingerprint density at radius 3 is 2.76 bits per heavy atom. The molecule has 114 valence electrons. The standard InChI is InChI=1S/C16H23N3O2/c1-3-19-10-6-8-13(19)11-17-15(20)16(21)18-14-9-5-4-7-12(14)2/h4-5,7,9,13H,3,6,8,10-11H2,1-2H3,(H,17,20)(H,18,21)/p+1/t13-/m0/s1. The highest BCUT2D eigenvalue weighted by molar-refractivity contribution is 6.39. The summed E-state index contributed by atoms with van der Waals surface area (Å²) in [5, 5.41) is 5.41. The zero-order chi connectivity index (χ0) is 15.2. The fourth-order valence-corrected chi connectivity index (χ4v) is 2.88. The number of hydrogen-bond donors (Lipinski definition) is 3. The molecule has 2 amide bonds. The van der Waals surface area contributed by atoms with Crippen LogP contribution in [0.5, 0.6) is 0 Å². The first-order valence-electron chi connectivity index (χ1n) is 7.61. The largest absolute Gasteiger partial charge is 0.342 e. The number of carbonyl (C=O) groups is 2. The molecule has 1 aromatic carbocycles. The molecule has 0 radical (unpaired) electrons. The summed E-state index contributed by atoms with van der Waals surface area (Å²) in [5.74, 6) is -1.15. The fourth-order valence-electron chi connectivity index (χ4n) is 2.88. The molecule has 1 fully saturated rings. The van der Waals surface area contributed by atoms with Crippen molar-refractivity contribution in [2.45, 2.75) is 32.7 Å². The Balaban J connectivity index is 1.83. The van der Waals surface area contributed by atoms with E-state index in [4.69, 9.17) is 0 Å². The van der Waals surface area contributed by atoms with Crippen molar-refractivity contribution in [2.24, 2.45) is 0 Å². The highest BCUT2D eigenvalue weighted by atomic mass is 16.2. The highest BCUT2D eigenvalue weighted by Crippen LogP contribution is 2.12. The van der Waals surface area contributed by atoms with Crippen molar-refractivity contribution in [2.75, 3.05) is 25.0 Å². The summed E-state index contributed by atoms with van der Waals surface area (Å²) in [4.78, 5) is 25.3. The predicted molar refractivity (Wildman–Crippen MR) is 82.2 cm³/mol. The van der Waals surface area contributed by atoms with Gasteiger partial charge in [0.2, 0.25) is 0 Å². The lowest BCUT2D eigenvalue weighted by Gasteiger charge is -2.20. The van der Waals surface area contributed by atoms with Crippen molar-refractivity contribution in [3.05, 3.63) is 29.8 Å². The Morgan fingerprint density at radius 2 is 2.05 bits per heavy atom. The Labute approximate surface area is 125 Å². The average Bonchev–Trinajstić information content (AvgIpc) is 2.94. The van der Waals surface area contributed by atoms with Crippen molar-refractivity contribution in [3.63, 3.8) is 0 Å². The third-order valence-corrected chi connectivity index (χ3v) is 4.19. The Kier molecular flexibility index (Phi) is 5.33. The summed E-state index contributed by atoms with van der Waals surface area (Å²) in [6.45, 7) is 6.85. The van der Waals surface area contributed by atoms with Gasteiger partial charge in [-0.15, -0.1) is 0 Å². The van der Waals surface area contributed by atoms with Gasteiger partial charge in [-0.25, -0.2) is 0 Å². The Morgan fingerprint density at radius 1 is 1.29 bits per heavy atom. The van der Waals surface area contributed by atoms with Crippen molar-refractivity contribution in [3.8, 4) is 0 Å². The smallest absolute Gasteiger partial charge is 0.313 e. The van der Waals surface area contributed by atoms with E-state index in [1.54, 1.807) is 6.07 Å². The summed E-state index contributed by atoms with van der Waals surface area (Å²) < 4.78 is 0. The summed E-state index contributed by atoms with van der Waals surface area (Å²) in [7, 11) is 0. The lowest BCUT2D eigenvalue weighted by Crippen LogP contribution is -3.14. The molecule has 0 spiro atoms. The number of rotatable bonds is 4. The van der Waals surface area contributed by atoms with Gasteiger partial charge in [0.1, 0.15) is 6.04 Å². The predicted octanol–water partition coefficient (Wildman–Crippen LogP) is 0.117. The number of para-hydroxylation sites is 1. The maximum atomic E-state index is 11.9. The van der Waals surface area contributed by atoms with E-state index in [0.29, 0.717) is 18.3 Å². The lowest BCUT2D eigenvalue weighted by molar-refractivity contribution is -0.909. The zero-order valence-electron chi connectivity index (χ0n) is 12.7. The quantitative estimate of drug-likeness (QED) is 0.690. The van der Waals surface area contributed by atoms with E-state index in [9.17, 15) is 9.59 Å². The molecule has 0 bridgehead atoms. The number of quaternary nitrogens is 1. The zero-order valence-corrected chi connectivity index (χ0v) is 12.7. The highest BCUT2D eigenvalue weighted by Gasteiger charge is 2.28. The summed E-state index contributed by atoms with van der Waals surface area (Å²) >= 11 is 0. The normalized spacial score (nSPS) is 21.0. The van der Waals surface area contributed by atoms with Gasteiger partial charge in [-0.3, -0.25) is 9.59 Å². The van der Waals surface area contributed by atoms with Crippen molar-refractivity contribution in [1.29, 1.82) is 0 Å². The van der Waals surface area contributed by atoms with E-state index in [1.807, 2.05) is 25.1 Å². The maximum absolute atomic E-state index is 11.9. The lowest BCUT2D eigenvalue weighted by atomic mass is 10.2. The van der Waals surface area contributed by atoms with Gasteiger partial charge in [0.15, 0.2) is 0 Å². The van der Waals surface area contributed by atoms with Gasteiger partial charge < -0.3 is 15.5 Å².